The molecule has 4 rings (SSSR count). The summed E-state index contributed by atoms with van der Waals surface area (Å²) in [4.78, 5) is 29.2. The SMILES string of the molecule is CCCCc1nc2c(C(C)C)n[nH]c(=O)c2n1Cc1ccc(-c2ccccc2C(=O)O)cc1. The maximum atomic E-state index is 12.8. The fourth-order valence-electron chi connectivity index (χ4n) is 4.12. The Bertz CT molecular complexity index is 1350. The molecule has 0 aliphatic heterocycles. The third-order valence-corrected chi connectivity index (χ3v) is 5.85. The van der Waals surface area contributed by atoms with Gasteiger partial charge in [0.05, 0.1) is 11.3 Å². The summed E-state index contributed by atoms with van der Waals surface area (Å²) < 4.78 is 2.00. The number of aromatic carboxylic acids is 1. The predicted molar refractivity (Wildman–Crippen MR) is 129 cm³/mol. The highest BCUT2D eigenvalue weighted by Crippen LogP contribution is 2.26. The minimum Gasteiger partial charge on any atom is -0.478 e. The quantitative estimate of drug-likeness (QED) is 0.398. The second-order valence-corrected chi connectivity index (χ2v) is 8.56. The van der Waals surface area contributed by atoms with Crippen LogP contribution < -0.4 is 5.56 Å². The van der Waals surface area contributed by atoms with Crippen LogP contribution in [0.3, 0.4) is 0 Å². The van der Waals surface area contributed by atoms with E-state index in [0.29, 0.717) is 23.1 Å². The molecule has 0 fully saturated rings. The molecular formula is C26H28N4O3. The Labute approximate surface area is 192 Å². The number of fused-ring (bicyclic) bond motifs is 1. The van der Waals surface area contributed by atoms with Gasteiger partial charge >= 0.3 is 5.97 Å². The van der Waals surface area contributed by atoms with E-state index in [4.69, 9.17) is 4.98 Å². The van der Waals surface area contributed by atoms with Crippen LogP contribution in [0.25, 0.3) is 22.2 Å². The van der Waals surface area contributed by atoms with Crippen LogP contribution in [0.15, 0.2) is 53.3 Å². The zero-order valence-electron chi connectivity index (χ0n) is 19.1. The van der Waals surface area contributed by atoms with Crippen LogP contribution in [-0.2, 0) is 13.0 Å². The van der Waals surface area contributed by atoms with Gasteiger partial charge in [-0.15, -0.1) is 0 Å². The van der Waals surface area contributed by atoms with E-state index in [0.717, 1.165) is 41.9 Å². The standard InChI is InChI=1S/C26H28N4O3/c1-4-5-10-21-27-23-22(16(2)3)28-29-25(31)24(23)30(21)15-17-11-13-18(14-12-17)19-8-6-7-9-20(19)26(32)33/h6-9,11-14,16H,4-5,10,15H2,1-3H3,(H,29,31)(H,32,33). The monoisotopic (exact) mass is 444 g/mol. The molecule has 4 aromatic rings. The zero-order valence-corrected chi connectivity index (χ0v) is 19.1. The van der Waals surface area contributed by atoms with Crippen LogP contribution >= 0.6 is 0 Å². The summed E-state index contributed by atoms with van der Waals surface area (Å²) in [6.45, 7) is 6.71. The number of aromatic nitrogens is 4. The number of aromatic amines is 1. The molecule has 0 amide bonds. The molecule has 0 atom stereocenters. The van der Waals surface area contributed by atoms with Crippen molar-refractivity contribution < 1.29 is 9.90 Å². The van der Waals surface area contributed by atoms with Gasteiger partial charge in [0.1, 0.15) is 16.9 Å². The average Bonchev–Trinajstić information content (AvgIpc) is 3.16. The first-order valence-electron chi connectivity index (χ1n) is 11.3. The van der Waals surface area contributed by atoms with E-state index < -0.39 is 5.97 Å². The number of unbranched alkanes of at least 4 members (excludes halogenated alkanes) is 1. The molecule has 170 valence electrons. The number of carbonyl (C=O) groups is 1. The van der Waals surface area contributed by atoms with Crippen molar-refractivity contribution in [3.8, 4) is 11.1 Å². The minimum absolute atomic E-state index is 0.139. The summed E-state index contributed by atoms with van der Waals surface area (Å²) in [5.41, 5.74) is 4.57. The third-order valence-electron chi connectivity index (χ3n) is 5.85. The van der Waals surface area contributed by atoms with Crippen molar-refractivity contribution in [2.45, 2.75) is 52.5 Å². The van der Waals surface area contributed by atoms with Crippen LogP contribution in [0.1, 0.15) is 67.0 Å². The van der Waals surface area contributed by atoms with Gasteiger partial charge in [-0.25, -0.2) is 14.9 Å². The van der Waals surface area contributed by atoms with Crippen molar-refractivity contribution >= 4 is 17.0 Å². The molecule has 0 saturated carbocycles. The molecule has 0 spiro atoms. The van der Waals surface area contributed by atoms with Crippen molar-refractivity contribution in [3.63, 3.8) is 0 Å². The number of carboxylic acid groups (broad SMARTS) is 1. The topological polar surface area (TPSA) is 101 Å². The summed E-state index contributed by atoms with van der Waals surface area (Å²) in [5.74, 6) is 0.0711. The lowest BCUT2D eigenvalue weighted by molar-refractivity contribution is 0.0697. The van der Waals surface area contributed by atoms with E-state index in [2.05, 4.69) is 17.1 Å². The largest absolute Gasteiger partial charge is 0.478 e. The predicted octanol–water partition coefficient (Wildman–Crippen LogP) is 5.00. The highest BCUT2D eigenvalue weighted by Gasteiger charge is 2.20. The number of aryl methyl sites for hydroxylation is 1. The van der Waals surface area contributed by atoms with E-state index in [1.807, 2.05) is 54.8 Å². The Balaban J connectivity index is 1.75. The number of imidazole rings is 1. The van der Waals surface area contributed by atoms with Crippen LogP contribution in [0.4, 0.5) is 0 Å². The fraction of sp³-hybridized carbons (Fsp3) is 0.308. The summed E-state index contributed by atoms with van der Waals surface area (Å²) in [7, 11) is 0. The number of hydrogen-bond donors (Lipinski definition) is 2. The van der Waals surface area contributed by atoms with Gasteiger partial charge in [-0.3, -0.25) is 4.79 Å². The molecule has 0 bridgehead atoms. The Morgan fingerprint density at radius 2 is 1.85 bits per heavy atom. The maximum absolute atomic E-state index is 12.8. The molecule has 7 nitrogen and oxygen atoms in total. The van der Waals surface area contributed by atoms with Crippen LogP contribution in [-0.4, -0.2) is 30.8 Å². The molecule has 2 heterocycles. The maximum Gasteiger partial charge on any atom is 0.336 e. The van der Waals surface area contributed by atoms with E-state index >= 15 is 0 Å². The van der Waals surface area contributed by atoms with Crippen LogP contribution in [0.5, 0.6) is 0 Å². The molecule has 2 aromatic carbocycles. The van der Waals surface area contributed by atoms with Crippen molar-refractivity contribution in [1.82, 2.24) is 19.7 Å². The summed E-state index contributed by atoms with van der Waals surface area (Å²) in [5, 5.41) is 16.4. The molecule has 0 unspecified atom stereocenters. The summed E-state index contributed by atoms with van der Waals surface area (Å²) in [6.07, 6.45) is 2.80. The molecule has 0 aliphatic carbocycles. The van der Waals surface area contributed by atoms with Gasteiger partial charge in [0.15, 0.2) is 0 Å². The normalized spacial score (nSPS) is 11.4. The first-order valence-corrected chi connectivity index (χ1v) is 11.3. The lowest BCUT2D eigenvalue weighted by atomic mass is 9.99. The van der Waals surface area contributed by atoms with E-state index in [1.165, 1.54) is 0 Å². The number of nitrogens with one attached hydrogen (secondary N) is 1. The number of benzene rings is 2. The average molecular weight is 445 g/mol. The molecule has 2 N–H and O–H groups in total. The molecular weight excluding hydrogens is 416 g/mol. The summed E-state index contributed by atoms with van der Waals surface area (Å²) in [6, 6.07) is 14.8. The molecule has 2 aromatic heterocycles. The van der Waals surface area contributed by atoms with Gasteiger partial charge < -0.3 is 9.67 Å². The molecule has 0 radical (unpaired) electrons. The Morgan fingerprint density at radius 3 is 2.52 bits per heavy atom. The number of H-pyrrole nitrogens is 1. The highest BCUT2D eigenvalue weighted by molar-refractivity contribution is 5.96. The molecule has 7 heteroatoms. The number of carboxylic acids is 1. The van der Waals surface area contributed by atoms with Gasteiger partial charge in [-0.05, 0) is 35.1 Å². The van der Waals surface area contributed by atoms with Gasteiger partial charge in [0.25, 0.3) is 5.56 Å². The Kier molecular flexibility index (Phi) is 6.40. The summed E-state index contributed by atoms with van der Waals surface area (Å²) >= 11 is 0. The van der Waals surface area contributed by atoms with Crippen LogP contribution in [0, 0.1) is 0 Å². The zero-order chi connectivity index (χ0) is 23.5. The van der Waals surface area contributed by atoms with Crippen molar-refractivity contribution in [2.75, 3.05) is 0 Å². The smallest absolute Gasteiger partial charge is 0.336 e. The fourth-order valence-corrected chi connectivity index (χ4v) is 4.12. The van der Waals surface area contributed by atoms with E-state index in [1.54, 1.807) is 12.1 Å². The van der Waals surface area contributed by atoms with Crippen molar-refractivity contribution in [2.24, 2.45) is 0 Å². The number of nitrogens with zero attached hydrogens (tertiary/aromatic N) is 3. The number of hydrogen-bond acceptors (Lipinski definition) is 4. The first kappa shape index (κ1) is 22.5. The van der Waals surface area contributed by atoms with Gasteiger partial charge in [0.2, 0.25) is 0 Å². The number of rotatable bonds is 8. The molecule has 0 aliphatic rings. The van der Waals surface area contributed by atoms with Crippen molar-refractivity contribution in [1.29, 1.82) is 0 Å². The Hall–Kier alpha value is -3.74. The van der Waals surface area contributed by atoms with Gasteiger partial charge in [-0.2, -0.15) is 5.10 Å². The minimum atomic E-state index is -0.950. The first-order chi connectivity index (χ1) is 15.9. The van der Waals surface area contributed by atoms with Crippen molar-refractivity contribution in [3.05, 3.63) is 81.5 Å². The second kappa shape index (κ2) is 9.40. The highest BCUT2D eigenvalue weighted by atomic mass is 16.4. The lowest BCUT2D eigenvalue weighted by Crippen LogP contribution is -2.16. The Morgan fingerprint density at radius 1 is 1.12 bits per heavy atom. The van der Waals surface area contributed by atoms with Gasteiger partial charge in [0, 0.05) is 13.0 Å². The van der Waals surface area contributed by atoms with E-state index in [9.17, 15) is 14.7 Å². The van der Waals surface area contributed by atoms with Gasteiger partial charge in [-0.1, -0.05) is 69.7 Å². The molecule has 33 heavy (non-hydrogen) atoms. The second-order valence-electron chi connectivity index (χ2n) is 8.56. The third kappa shape index (κ3) is 4.44. The van der Waals surface area contributed by atoms with E-state index in [-0.39, 0.29) is 17.0 Å². The lowest BCUT2D eigenvalue weighted by Gasteiger charge is -2.11. The van der Waals surface area contributed by atoms with Crippen LogP contribution in [0.2, 0.25) is 0 Å². The molecule has 0 saturated heterocycles.